The van der Waals surface area contributed by atoms with Crippen LogP contribution in [0.25, 0.3) is 0 Å². The van der Waals surface area contributed by atoms with E-state index in [1.807, 2.05) is 0 Å². The fourth-order valence-electron chi connectivity index (χ4n) is 2.48. The van der Waals surface area contributed by atoms with Crippen molar-refractivity contribution in [1.82, 2.24) is 0 Å². The molecule has 0 aromatic heterocycles. The van der Waals surface area contributed by atoms with Gasteiger partial charge in [-0.1, -0.05) is 18.2 Å². The maximum atomic E-state index is 13.5. The third kappa shape index (κ3) is 3.84. The van der Waals surface area contributed by atoms with Crippen molar-refractivity contribution >= 4 is 0 Å². The van der Waals surface area contributed by atoms with Crippen molar-refractivity contribution < 1.29 is 44.3 Å². The molecule has 12 heteroatoms. The summed E-state index contributed by atoms with van der Waals surface area (Å²) in [5.41, 5.74) is -0.737. The van der Waals surface area contributed by atoms with Gasteiger partial charge in [0.2, 0.25) is 0 Å². The number of para-hydroxylation sites is 1. The zero-order valence-electron chi connectivity index (χ0n) is 13.0. The number of ether oxygens (including phenoxy) is 1. The molecule has 1 aromatic rings. The lowest BCUT2D eigenvalue weighted by atomic mass is 9.78. The molecule has 0 heterocycles. The van der Waals surface area contributed by atoms with Crippen LogP contribution >= 0.6 is 0 Å². The molecule has 0 spiro atoms. The topological polar surface area (TPSA) is 61.3 Å². The Morgan fingerprint density at radius 1 is 0.852 bits per heavy atom. The Hall–Kier alpha value is -2.37. The molecule has 27 heavy (non-hydrogen) atoms. The summed E-state index contributed by atoms with van der Waals surface area (Å²) in [7, 11) is 0. The maximum Gasteiger partial charge on any atom is 0.418 e. The lowest BCUT2D eigenvalue weighted by molar-refractivity contribution is -0.198. The number of hydrogen-bond donors (Lipinski definition) is 2. The first-order valence-corrected chi connectivity index (χ1v) is 7.03. The Kier molecular flexibility index (Phi) is 4.93. The third-order valence-corrected chi connectivity index (χ3v) is 3.76. The average molecular weight is 406 g/mol. The summed E-state index contributed by atoms with van der Waals surface area (Å²) in [6.07, 6.45) is -20.7. The van der Waals surface area contributed by atoms with Gasteiger partial charge < -0.3 is 16.2 Å². The lowest BCUT2D eigenvalue weighted by Crippen LogP contribution is -2.66. The van der Waals surface area contributed by atoms with E-state index in [4.69, 9.17) is 16.2 Å². The normalized spacial score (nSPS) is 24.7. The molecule has 2 rings (SSSR count). The molecule has 0 amide bonds. The zero-order valence-corrected chi connectivity index (χ0v) is 13.0. The van der Waals surface area contributed by atoms with Crippen LogP contribution in [0.2, 0.25) is 0 Å². The van der Waals surface area contributed by atoms with Crippen molar-refractivity contribution in [3.05, 3.63) is 53.3 Å². The van der Waals surface area contributed by atoms with Crippen molar-refractivity contribution in [3.8, 4) is 5.75 Å². The SMILES string of the molecule is NC1=C(C(F)(F)F)C(Oc2ccccc2)C(N)(C(F)(F)F)C=C1C(F)(F)F. The summed E-state index contributed by atoms with van der Waals surface area (Å²) in [4.78, 5) is 0. The van der Waals surface area contributed by atoms with Crippen LogP contribution in [0.15, 0.2) is 53.3 Å². The van der Waals surface area contributed by atoms with Crippen LogP contribution in [0.4, 0.5) is 39.5 Å². The number of rotatable bonds is 2. The van der Waals surface area contributed by atoms with Crippen molar-refractivity contribution in [1.29, 1.82) is 0 Å². The molecule has 0 saturated carbocycles. The molecular formula is C15H11F9N2O. The molecule has 1 aliphatic carbocycles. The van der Waals surface area contributed by atoms with Crippen molar-refractivity contribution in [2.24, 2.45) is 11.5 Å². The predicted octanol–water partition coefficient (Wildman–Crippen LogP) is 3.97. The Labute approximate surface area is 146 Å². The van der Waals surface area contributed by atoms with Gasteiger partial charge in [-0.05, 0) is 18.2 Å². The molecule has 2 atom stereocenters. The van der Waals surface area contributed by atoms with Crippen LogP contribution in [-0.4, -0.2) is 30.2 Å². The van der Waals surface area contributed by atoms with Crippen molar-refractivity contribution in [2.45, 2.75) is 30.2 Å². The van der Waals surface area contributed by atoms with Crippen LogP contribution < -0.4 is 16.2 Å². The molecule has 0 fully saturated rings. The highest BCUT2D eigenvalue weighted by Gasteiger charge is 2.65. The van der Waals surface area contributed by atoms with Gasteiger partial charge in [0.1, 0.15) is 5.75 Å². The standard InChI is InChI=1S/C15H11F9N2O/c16-13(17,18)8-6-12(26,15(22,23)24)11(9(10(8)25)14(19,20)21)27-7-4-2-1-3-5-7/h1-6,11H,25-26H2. The Morgan fingerprint density at radius 2 is 1.37 bits per heavy atom. The number of halogens is 9. The fraction of sp³-hybridized carbons (Fsp3) is 0.333. The number of hydrogen-bond acceptors (Lipinski definition) is 3. The van der Waals surface area contributed by atoms with E-state index < -0.39 is 58.8 Å². The molecule has 0 aliphatic heterocycles. The van der Waals surface area contributed by atoms with Gasteiger partial charge in [-0.15, -0.1) is 0 Å². The van der Waals surface area contributed by atoms with E-state index in [1.54, 1.807) is 0 Å². The van der Waals surface area contributed by atoms with E-state index in [1.165, 1.54) is 18.2 Å². The smallest absolute Gasteiger partial charge is 0.418 e. The quantitative estimate of drug-likeness (QED) is 0.731. The molecule has 3 nitrogen and oxygen atoms in total. The van der Waals surface area contributed by atoms with E-state index >= 15 is 0 Å². The lowest BCUT2D eigenvalue weighted by Gasteiger charge is -2.42. The van der Waals surface area contributed by atoms with Crippen LogP contribution in [0.1, 0.15) is 0 Å². The van der Waals surface area contributed by atoms with Gasteiger partial charge in [-0.3, -0.25) is 0 Å². The molecule has 1 aliphatic rings. The molecule has 0 bridgehead atoms. The molecule has 4 N–H and O–H groups in total. The number of benzene rings is 1. The minimum absolute atomic E-state index is 0.472. The second-order valence-corrected chi connectivity index (χ2v) is 5.62. The highest BCUT2D eigenvalue weighted by atomic mass is 19.4. The summed E-state index contributed by atoms with van der Waals surface area (Å²) < 4.78 is 124. The highest BCUT2D eigenvalue weighted by molar-refractivity contribution is 5.50. The fourth-order valence-corrected chi connectivity index (χ4v) is 2.48. The summed E-state index contributed by atoms with van der Waals surface area (Å²) in [5, 5.41) is 0. The third-order valence-electron chi connectivity index (χ3n) is 3.76. The first kappa shape index (κ1) is 20.9. The van der Waals surface area contributed by atoms with E-state index in [0.717, 1.165) is 12.1 Å². The first-order valence-electron chi connectivity index (χ1n) is 7.03. The minimum atomic E-state index is -5.72. The molecule has 1 aromatic carbocycles. The average Bonchev–Trinajstić information content (AvgIpc) is 2.48. The van der Waals surface area contributed by atoms with Gasteiger partial charge >= 0.3 is 18.5 Å². The minimum Gasteiger partial charge on any atom is -0.483 e. The molecular weight excluding hydrogens is 395 g/mol. The van der Waals surface area contributed by atoms with E-state index in [9.17, 15) is 39.5 Å². The van der Waals surface area contributed by atoms with Gasteiger partial charge in [0, 0.05) is 0 Å². The van der Waals surface area contributed by atoms with Gasteiger partial charge in [0.25, 0.3) is 0 Å². The number of allylic oxidation sites excluding steroid dienone is 1. The van der Waals surface area contributed by atoms with E-state index in [0.29, 0.717) is 0 Å². The summed E-state index contributed by atoms with van der Waals surface area (Å²) >= 11 is 0. The largest absolute Gasteiger partial charge is 0.483 e. The Morgan fingerprint density at radius 3 is 1.78 bits per heavy atom. The number of alkyl halides is 9. The Bertz CT molecular complexity index is 762. The van der Waals surface area contributed by atoms with Crippen LogP contribution in [-0.2, 0) is 0 Å². The van der Waals surface area contributed by atoms with Gasteiger partial charge in [0.15, 0.2) is 11.6 Å². The first-order chi connectivity index (χ1) is 12.1. The van der Waals surface area contributed by atoms with Gasteiger partial charge in [-0.2, -0.15) is 39.5 Å². The van der Waals surface area contributed by atoms with Crippen LogP contribution in [0.5, 0.6) is 5.75 Å². The van der Waals surface area contributed by atoms with Gasteiger partial charge in [-0.25, -0.2) is 0 Å². The van der Waals surface area contributed by atoms with Crippen molar-refractivity contribution in [3.63, 3.8) is 0 Å². The highest BCUT2D eigenvalue weighted by Crippen LogP contribution is 2.49. The maximum absolute atomic E-state index is 13.5. The second-order valence-electron chi connectivity index (χ2n) is 5.62. The van der Waals surface area contributed by atoms with Crippen LogP contribution in [0, 0.1) is 0 Å². The Balaban J connectivity index is 2.77. The van der Waals surface area contributed by atoms with Crippen molar-refractivity contribution in [2.75, 3.05) is 0 Å². The summed E-state index contributed by atoms with van der Waals surface area (Å²) in [6.45, 7) is 0. The second kappa shape index (κ2) is 6.36. The van der Waals surface area contributed by atoms with Gasteiger partial charge in [0.05, 0.1) is 16.8 Å². The molecule has 150 valence electrons. The van der Waals surface area contributed by atoms with E-state index in [-0.39, 0.29) is 0 Å². The predicted molar refractivity (Wildman–Crippen MR) is 75.2 cm³/mol. The molecule has 2 unspecified atom stereocenters. The molecule has 0 saturated heterocycles. The number of nitrogens with two attached hydrogens (primary N) is 2. The summed E-state index contributed by atoms with van der Waals surface area (Å²) in [5.74, 6) is -0.472. The monoisotopic (exact) mass is 406 g/mol. The summed E-state index contributed by atoms with van der Waals surface area (Å²) in [6, 6.07) is 5.90. The molecule has 0 radical (unpaired) electrons. The van der Waals surface area contributed by atoms with Crippen LogP contribution in [0.3, 0.4) is 0 Å². The van der Waals surface area contributed by atoms with E-state index in [2.05, 4.69) is 0 Å². The zero-order chi connectivity index (χ0) is 20.8.